The summed E-state index contributed by atoms with van der Waals surface area (Å²) in [5.74, 6) is -3.18. The number of alkyl halides is 6. The first-order valence-electron chi connectivity index (χ1n) is 12.4. The van der Waals surface area contributed by atoms with E-state index in [1.165, 1.54) is 18.2 Å². The zero-order valence-corrected chi connectivity index (χ0v) is 20.8. The Balaban J connectivity index is 1.58. The van der Waals surface area contributed by atoms with Crippen molar-refractivity contribution in [1.82, 2.24) is 5.32 Å². The quantitative estimate of drug-likeness (QED) is 0.379. The Morgan fingerprint density at radius 1 is 1.05 bits per heavy atom. The molecular formula is C27H31F6NO3. The molecule has 0 heterocycles. The number of carboxylic acids is 1. The average molecular weight is 532 g/mol. The lowest BCUT2D eigenvalue weighted by Crippen LogP contribution is -2.59. The summed E-state index contributed by atoms with van der Waals surface area (Å²) in [5, 5.41) is 13.0. The van der Waals surface area contributed by atoms with Crippen molar-refractivity contribution in [1.29, 1.82) is 0 Å². The maximum atomic E-state index is 14.3. The molecule has 0 aliphatic heterocycles. The van der Waals surface area contributed by atoms with Crippen LogP contribution in [0, 0.1) is 17.3 Å². The molecule has 204 valence electrons. The Bertz CT molecular complexity index is 1150. The van der Waals surface area contributed by atoms with E-state index in [-0.39, 0.29) is 48.9 Å². The maximum absolute atomic E-state index is 14.3. The van der Waals surface area contributed by atoms with Gasteiger partial charge in [-0.2, -0.15) is 26.3 Å². The van der Waals surface area contributed by atoms with E-state index in [1.807, 2.05) is 20.8 Å². The Labute approximate surface area is 211 Å². The minimum Gasteiger partial charge on any atom is -0.490 e. The van der Waals surface area contributed by atoms with E-state index in [0.29, 0.717) is 17.4 Å². The molecular weight excluding hydrogens is 500 g/mol. The number of nitrogens with one attached hydrogen (secondary N) is 1. The van der Waals surface area contributed by atoms with Crippen LogP contribution >= 0.6 is 0 Å². The number of hydrogen-bond donors (Lipinski definition) is 2. The molecule has 2 unspecified atom stereocenters. The number of ether oxygens (including phenoxy) is 1. The molecule has 0 amide bonds. The monoisotopic (exact) mass is 531 g/mol. The lowest BCUT2D eigenvalue weighted by Gasteiger charge is -2.51. The molecule has 10 heteroatoms. The Morgan fingerprint density at radius 3 is 2.22 bits per heavy atom. The highest BCUT2D eigenvalue weighted by Gasteiger charge is 2.52. The van der Waals surface area contributed by atoms with Crippen LogP contribution in [0.2, 0.25) is 0 Å². The number of carbonyl (C=O) groups is 1. The molecule has 2 aromatic carbocycles. The minimum absolute atomic E-state index is 0.0367. The maximum Gasteiger partial charge on any atom is 0.420 e. The van der Waals surface area contributed by atoms with Crippen LogP contribution < -0.4 is 10.1 Å². The van der Waals surface area contributed by atoms with Gasteiger partial charge in [-0.25, -0.2) is 0 Å². The second kappa shape index (κ2) is 9.67. The Kier molecular flexibility index (Phi) is 7.20. The van der Waals surface area contributed by atoms with Crippen molar-refractivity contribution in [3.63, 3.8) is 0 Å². The lowest BCUT2D eigenvalue weighted by atomic mass is 9.58. The fourth-order valence-corrected chi connectivity index (χ4v) is 5.69. The molecule has 0 radical (unpaired) electrons. The Morgan fingerprint density at radius 2 is 1.68 bits per heavy atom. The second-order valence-electron chi connectivity index (χ2n) is 10.9. The summed E-state index contributed by atoms with van der Waals surface area (Å²) >= 11 is 0. The van der Waals surface area contributed by atoms with Gasteiger partial charge in [0.25, 0.3) is 0 Å². The Hall–Kier alpha value is -2.49. The van der Waals surface area contributed by atoms with Crippen LogP contribution in [0.3, 0.4) is 0 Å². The summed E-state index contributed by atoms with van der Waals surface area (Å²) in [6.45, 7) is 5.53. The van der Waals surface area contributed by atoms with Crippen molar-refractivity contribution in [3.8, 4) is 5.75 Å². The van der Waals surface area contributed by atoms with Crippen molar-refractivity contribution in [2.75, 3.05) is 0 Å². The highest BCUT2D eigenvalue weighted by atomic mass is 19.4. The normalized spacial score (nSPS) is 26.9. The number of rotatable bonds is 6. The molecule has 2 aromatic rings. The van der Waals surface area contributed by atoms with Crippen LogP contribution in [-0.2, 0) is 11.0 Å². The zero-order chi connectivity index (χ0) is 27.3. The van der Waals surface area contributed by atoms with Gasteiger partial charge in [0.15, 0.2) is 0 Å². The first kappa shape index (κ1) is 27.5. The van der Waals surface area contributed by atoms with Crippen LogP contribution in [0.4, 0.5) is 26.3 Å². The van der Waals surface area contributed by atoms with Gasteiger partial charge in [-0.3, -0.25) is 4.79 Å². The summed E-state index contributed by atoms with van der Waals surface area (Å²) in [5.41, 5.74) is -0.831. The van der Waals surface area contributed by atoms with E-state index >= 15 is 0 Å². The number of fused-ring (bicyclic) bond motifs is 1. The third-order valence-corrected chi connectivity index (χ3v) is 8.24. The van der Waals surface area contributed by atoms with Crippen LogP contribution in [0.5, 0.6) is 5.75 Å². The van der Waals surface area contributed by atoms with E-state index in [2.05, 4.69) is 5.32 Å². The smallest absolute Gasteiger partial charge is 0.420 e. The van der Waals surface area contributed by atoms with Crippen molar-refractivity contribution in [3.05, 3.63) is 41.5 Å². The molecule has 2 N–H and O–H groups in total. The molecule has 0 spiro atoms. The average Bonchev–Trinajstić information content (AvgIpc) is 2.79. The molecule has 2 aliphatic carbocycles. The number of aliphatic carboxylic acids is 1. The minimum atomic E-state index is -4.74. The standard InChI is InChI=1S/C27H31F6NO3/c1-14(34-22-13-20(24(35)36)25(22,2)3)16-5-4-15-6-11-21(23(19(15)12-16)27(31,32)33)37-18-9-7-17(8-10-18)26(28,29)30/h4-6,11-12,14,17-18,20,22,34H,7-10,13H2,1-3H3,(H,35,36)/t14-,17-,18+,20?,22?/m0/s1. The van der Waals surface area contributed by atoms with E-state index in [9.17, 15) is 36.2 Å². The lowest BCUT2D eigenvalue weighted by molar-refractivity contribution is -0.185. The van der Waals surface area contributed by atoms with Gasteiger partial charge in [-0.05, 0) is 72.9 Å². The van der Waals surface area contributed by atoms with Crippen molar-refractivity contribution >= 4 is 16.7 Å². The van der Waals surface area contributed by atoms with Crippen LogP contribution in [0.1, 0.15) is 70.0 Å². The highest BCUT2D eigenvalue weighted by molar-refractivity contribution is 5.89. The zero-order valence-electron chi connectivity index (χ0n) is 20.8. The van der Waals surface area contributed by atoms with E-state index in [4.69, 9.17) is 4.74 Å². The molecule has 0 saturated heterocycles. The number of hydrogen-bond acceptors (Lipinski definition) is 3. The number of halogens is 6. The molecule has 3 atom stereocenters. The molecule has 4 nitrogen and oxygen atoms in total. The van der Waals surface area contributed by atoms with Crippen LogP contribution in [-0.4, -0.2) is 29.4 Å². The fraction of sp³-hybridized carbons (Fsp3) is 0.593. The van der Waals surface area contributed by atoms with Crippen LogP contribution in [0.25, 0.3) is 10.8 Å². The van der Waals surface area contributed by atoms with Gasteiger partial charge in [0.05, 0.1) is 17.9 Å². The van der Waals surface area contributed by atoms with Gasteiger partial charge in [0.1, 0.15) is 11.3 Å². The third-order valence-electron chi connectivity index (χ3n) is 8.24. The second-order valence-corrected chi connectivity index (χ2v) is 10.9. The molecule has 2 saturated carbocycles. The van der Waals surface area contributed by atoms with Crippen LogP contribution in [0.15, 0.2) is 30.3 Å². The van der Waals surface area contributed by atoms with Gasteiger partial charge in [-0.15, -0.1) is 0 Å². The van der Waals surface area contributed by atoms with E-state index in [0.717, 1.165) is 0 Å². The van der Waals surface area contributed by atoms with E-state index in [1.54, 1.807) is 12.1 Å². The molecule has 2 aliphatic rings. The first-order chi connectivity index (χ1) is 17.1. The number of benzene rings is 2. The molecule has 4 rings (SSSR count). The van der Waals surface area contributed by atoms with Gasteiger partial charge >= 0.3 is 18.3 Å². The van der Waals surface area contributed by atoms with E-state index < -0.39 is 47.2 Å². The molecule has 37 heavy (non-hydrogen) atoms. The van der Waals surface area contributed by atoms with Crippen molar-refractivity contribution in [2.45, 2.75) is 83.4 Å². The van der Waals surface area contributed by atoms with Gasteiger partial charge < -0.3 is 15.2 Å². The number of carboxylic acid groups (broad SMARTS) is 1. The summed E-state index contributed by atoms with van der Waals surface area (Å²) < 4.78 is 87.4. The van der Waals surface area contributed by atoms with Gasteiger partial charge in [0, 0.05) is 12.1 Å². The largest absolute Gasteiger partial charge is 0.490 e. The van der Waals surface area contributed by atoms with Gasteiger partial charge in [-0.1, -0.05) is 32.0 Å². The third kappa shape index (κ3) is 5.54. The summed E-state index contributed by atoms with van der Waals surface area (Å²) in [6, 6.07) is 7.11. The van der Waals surface area contributed by atoms with Crippen molar-refractivity contribution < 1.29 is 41.0 Å². The molecule has 0 bridgehead atoms. The molecule has 2 fully saturated rings. The molecule has 0 aromatic heterocycles. The summed E-state index contributed by atoms with van der Waals surface area (Å²) in [7, 11) is 0. The first-order valence-corrected chi connectivity index (χ1v) is 12.4. The summed E-state index contributed by atoms with van der Waals surface area (Å²) in [6.07, 6.45) is -9.60. The predicted molar refractivity (Wildman–Crippen MR) is 126 cm³/mol. The van der Waals surface area contributed by atoms with Gasteiger partial charge in [0.2, 0.25) is 0 Å². The predicted octanol–water partition coefficient (Wildman–Crippen LogP) is 7.51. The fourth-order valence-electron chi connectivity index (χ4n) is 5.69. The SMILES string of the molecule is C[C@H](NC1CC(C(=O)O)C1(C)C)c1ccc2ccc(O[C@H]3CC[C@@H](C(F)(F)F)CC3)c(C(F)(F)F)c2c1. The van der Waals surface area contributed by atoms with Crippen molar-refractivity contribution in [2.24, 2.45) is 17.3 Å². The topological polar surface area (TPSA) is 58.6 Å². The highest BCUT2D eigenvalue weighted by Crippen LogP contribution is 2.48. The summed E-state index contributed by atoms with van der Waals surface area (Å²) in [4.78, 5) is 11.4.